The Balaban J connectivity index is 1.31. The number of alkyl carbamates (subject to hydrolysis) is 1. The lowest BCUT2D eigenvalue weighted by atomic mass is 9.95. The summed E-state index contributed by atoms with van der Waals surface area (Å²) < 4.78 is 55.4. The van der Waals surface area contributed by atoms with Crippen molar-refractivity contribution in [2.75, 3.05) is 13.2 Å². The number of carbonyl (C=O) groups excluding carboxylic acids is 3. The van der Waals surface area contributed by atoms with Gasteiger partial charge in [0.2, 0.25) is 5.91 Å². The van der Waals surface area contributed by atoms with Crippen LogP contribution >= 0.6 is 0 Å². The number of alkyl halides is 2. The summed E-state index contributed by atoms with van der Waals surface area (Å²) in [5.74, 6) is -7.10. The molecule has 13 heteroatoms. The van der Waals surface area contributed by atoms with Crippen LogP contribution in [0.3, 0.4) is 0 Å². The number of aliphatic hydroxyl groups is 1. The summed E-state index contributed by atoms with van der Waals surface area (Å²) in [6.45, 7) is 3.49. The topological polar surface area (TPSA) is 144 Å². The maximum atomic E-state index is 16.3. The first-order valence-corrected chi connectivity index (χ1v) is 20.1. The van der Waals surface area contributed by atoms with Crippen molar-refractivity contribution < 1.29 is 47.2 Å². The van der Waals surface area contributed by atoms with Crippen LogP contribution in [0.4, 0.5) is 13.6 Å². The Morgan fingerprint density at radius 3 is 1.52 bits per heavy atom. The van der Waals surface area contributed by atoms with E-state index in [0.29, 0.717) is 17.9 Å². The first-order valence-electron chi connectivity index (χ1n) is 20.1. The van der Waals surface area contributed by atoms with E-state index >= 15 is 8.78 Å². The summed E-state index contributed by atoms with van der Waals surface area (Å²) >= 11 is 0. The highest BCUT2D eigenvalue weighted by Crippen LogP contribution is 2.25. The largest absolute Gasteiger partial charge is 0.489 e. The van der Waals surface area contributed by atoms with Crippen molar-refractivity contribution >= 4 is 17.9 Å². The Morgan fingerprint density at radius 1 is 0.590 bits per heavy atom. The van der Waals surface area contributed by atoms with Crippen LogP contribution in [0.2, 0.25) is 0 Å². The second kappa shape index (κ2) is 23.6. The molecule has 5 aromatic carbocycles. The predicted octanol–water partition coefficient (Wildman–Crippen LogP) is 7.16. The van der Waals surface area contributed by atoms with Gasteiger partial charge in [-0.25, -0.2) is 4.79 Å². The molecule has 0 radical (unpaired) electrons. The summed E-state index contributed by atoms with van der Waals surface area (Å²) in [7, 11) is 0. The van der Waals surface area contributed by atoms with Gasteiger partial charge < -0.3 is 40.0 Å². The van der Waals surface area contributed by atoms with E-state index in [1.807, 2.05) is 97.1 Å². The SMILES string of the molecule is CC(C)[C@H](NC(=O)OCc1ccccc1)C(=O)NC(Cc1ccc(OCc2ccccc2)cc1)C(O)C(F)(F)C(=O)NC(COCc1ccccc1)COCc1ccccc1. The number of halogens is 2. The van der Waals surface area contributed by atoms with Gasteiger partial charge in [0.25, 0.3) is 5.91 Å². The molecule has 5 rings (SSSR count). The molecule has 3 amide bonds. The lowest BCUT2D eigenvalue weighted by Crippen LogP contribution is -2.62. The number of rotatable bonds is 23. The summed E-state index contributed by atoms with van der Waals surface area (Å²) in [5, 5.41) is 18.8. The first-order chi connectivity index (χ1) is 29.5. The van der Waals surface area contributed by atoms with E-state index in [1.54, 1.807) is 62.4 Å². The highest BCUT2D eigenvalue weighted by molar-refractivity contribution is 5.87. The fraction of sp³-hybridized carbons (Fsp3) is 0.312. The Hall–Kier alpha value is -6.15. The summed E-state index contributed by atoms with van der Waals surface area (Å²) in [6, 6.07) is 39.4. The Labute approximate surface area is 355 Å². The van der Waals surface area contributed by atoms with Crippen LogP contribution < -0.4 is 20.7 Å². The average Bonchev–Trinajstić information content (AvgIpc) is 3.28. The number of amides is 3. The molecule has 0 aliphatic heterocycles. The highest BCUT2D eigenvalue weighted by Gasteiger charge is 2.51. The third kappa shape index (κ3) is 15.1. The van der Waals surface area contributed by atoms with Gasteiger partial charge in [0.15, 0.2) is 0 Å². The van der Waals surface area contributed by atoms with Crippen LogP contribution in [0, 0.1) is 5.92 Å². The van der Waals surface area contributed by atoms with Gasteiger partial charge in [-0.15, -0.1) is 0 Å². The number of ether oxygens (including phenoxy) is 4. The van der Waals surface area contributed by atoms with E-state index in [0.717, 1.165) is 22.3 Å². The van der Waals surface area contributed by atoms with Crippen molar-refractivity contribution in [3.8, 4) is 5.75 Å². The molecule has 0 bridgehead atoms. The van der Waals surface area contributed by atoms with Gasteiger partial charge in [0.1, 0.15) is 31.1 Å². The highest BCUT2D eigenvalue weighted by atomic mass is 19.3. The molecule has 0 saturated heterocycles. The minimum Gasteiger partial charge on any atom is -0.489 e. The first kappa shape index (κ1) is 45.9. The molecule has 0 heterocycles. The normalized spacial score (nSPS) is 12.9. The van der Waals surface area contributed by atoms with Crippen molar-refractivity contribution in [2.45, 2.75) is 76.8 Å². The molecule has 0 saturated carbocycles. The second-order valence-corrected chi connectivity index (χ2v) is 14.9. The van der Waals surface area contributed by atoms with Crippen LogP contribution in [0.25, 0.3) is 0 Å². The molecule has 0 fully saturated rings. The Bertz CT molecular complexity index is 2020. The number of hydrogen-bond acceptors (Lipinski definition) is 8. The quantitative estimate of drug-likeness (QED) is 0.0543. The third-order valence-electron chi connectivity index (χ3n) is 9.64. The van der Waals surface area contributed by atoms with Crippen LogP contribution in [0.1, 0.15) is 41.7 Å². The lowest BCUT2D eigenvalue weighted by molar-refractivity contribution is -0.169. The standard InChI is InChI=1S/C48H53F2N3O8/c1-34(2)43(53-47(57)61-31-39-21-13-6-14-22-39)45(55)52-42(27-35-23-25-41(26-24-35)60-30-38-19-11-5-12-20-38)44(54)48(49,50)46(56)51-40(32-58-28-36-15-7-3-8-16-36)33-59-29-37-17-9-4-10-18-37/h3-26,34,40,42-44,54H,27-33H2,1-2H3,(H,51,56)(H,52,55)(H,53,57)/t42?,43-,44?/m0/s1. The number of benzene rings is 5. The minimum atomic E-state index is -4.43. The van der Waals surface area contributed by atoms with Crippen LogP contribution in [0.15, 0.2) is 146 Å². The van der Waals surface area contributed by atoms with Gasteiger partial charge >= 0.3 is 12.0 Å². The zero-order valence-electron chi connectivity index (χ0n) is 34.3. The van der Waals surface area contributed by atoms with Gasteiger partial charge in [-0.1, -0.05) is 147 Å². The summed E-state index contributed by atoms with van der Waals surface area (Å²) in [4.78, 5) is 40.1. The molecule has 0 aliphatic rings. The number of carbonyl (C=O) groups is 3. The monoisotopic (exact) mass is 837 g/mol. The molecule has 3 atom stereocenters. The lowest BCUT2D eigenvalue weighted by Gasteiger charge is -2.32. The van der Waals surface area contributed by atoms with Crippen LogP contribution in [0.5, 0.6) is 5.75 Å². The van der Waals surface area contributed by atoms with E-state index < -0.39 is 54.0 Å². The fourth-order valence-corrected chi connectivity index (χ4v) is 6.24. The zero-order chi connectivity index (χ0) is 43.5. The van der Waals surface area contributed by atoms with E-state index in [9.17, 15) is 19.5 Å². The van der Waals surface area contributed by atoms with Crippen molar-refractivity contribution in [2.24, 2.45) is 5.92 Å². The maximum Gasteiger partial charge on any atom is 0.408 e. The van der Waals surface area contributed by atoms with Gasteiger partial charge in [-0.2, -0.15) is 8.78 Å². The molecule has 61 heavy (non-hydrogen) atoms. The number of nitrogens with one attached hydrogen (secondary N) is 3. The molecule has 4 N–H and O–H groups in total. The number of aliphatic hydroxyl groups excluding tert-OH is 1. The third-order valence-corrected chi connectivity index (χ3v) is 9.64. The van der Waals surface area contributed by atoms with Crippen molar-refractivity contribution in [3.05, 3.63) is 173 Å². The second-order valence-electron chi connectivity index (χ2n) is 14.9. The maximum absolute atomic E-state index is 16.3. The molecule has 0 spiro atoms. The average molecular weight is 838 g/mol. The number of hydrogen-bond donors (Lipinski definition) is 4. The van der Waals surface area contributed by atoms with Crippen molar-refractivity contribution in [1.82, 2.24) is 16.0 Å². The van der Waals surface area contributed by atoms with E-state index in [2.05, 4.69) is 16.0 Å². The summed E-state index contributed by atoms with van der Waals surface area (Å²) in [6.07, 6.45) is -3.94. The van der Waals surface area contributed by atoms with Gasteiger partial charge in [-0.3, -0.25) is 9.59 Å². The Morgan fingerprint density at radius 2 is 1.05 bits per heavy atom. The molecular formula is C48H53F2N3O8. The van der Waals surface area contributed by atoms with Gasteiger partial charge in [-0.05, 0) is 52.3 Å². The molecule has 0 aromatic heterocycles. The summed E-state index contributed by atoms with van der Waals surface area (Å²) in [5.41, 5.74) is 3.79. The minimum absolute atomic E-state index is 0.0670. The molecule has 5 aromatic rings. The van der Waals surface area contributed by atoms with Gasteiger partial charge in [0.05, 0.1) is 38.5 Å². The van der Waals surface area contributed by atoms with E-state index in [4.69, 9.17) is 18.9 Å². The Kier molecular flexibility index (Phi) is 17.8. The fourth-order valence-electron chi connectivity index (χ4n) is 6.24. The predicted molar refractivity (Wildman–Crippen MR) is 226 cm³/mol. The molecule has 11 nitrogen and oxygen atoms in total. The zero-order valence-corrected chi connectivity index (χ0v) is 34.3. The van der Waals surface area contributed by atoms with Crippen molar-refractivity contribution in [3.63, 3.8) is 0 Å². The molecular weight excluding hydrogens is 785 g/mol. The van der Waals surface area contributed by atoms with Crippen LogP contribution in [-0.2, 0) is 56.6 Å². The molecule has 322 valence electrons. The molecule has 0 aliphatic carbocycles. The molecule has 2 unspecified atom stereocenters. The van der Waals surface area contributed by atoms with Crippen LogP contribution in [-0.4, -0.2) is 66.4 Å². The van der Waals surface area contributed by atoms with E-state index in [-0.39, 0.29) is 39.5 Å². The van der Waals surface area contributed by atoms with Gasteiger partial charge in [0, 0.05) is 0 Å². The smallest absolute Gasteiger partial charge is 0.408 e. The van der Waals surface area contributed by atoms with Crippen molar-refractivity contribution in [1.29, 1.82) is 0 Å². The van der Waals surface area contributed by atoms with E-state index in [1.165, 1.54) is 0 Å².